The van der Waals surface area contributed by atoms with Gasteiger partial charge in [-0.3, -0.25) is 4.79 Å². The van der Waals surface area contributed by atoms with Crippen molar-refractivity contribution in [1.82, 2.24) is 0 Å². The Morgan fingerprint density at radius 3 is 2.57 bits per heavy atom. The van der Waals surface area contributed by atoms with Gasteiger partial charge in [-0.15, -0.1) is 0 Å². The summed E-state index contributed by atoms with van der Waals surface area (Å²) in [5, 5.41) is 21.0. The molecule has 1 fully saturated rings. The number of aliphatic hydroxyl groups excluding tert-OH is 1. The van der Waals surface area contributed by atoms with Crippen LogP contribution in [0.2, 0.25) is 0 Å². The zero-order valence-corrected chi connectivity index (χ0v) is 17.8. The van der Waals surface area contributed by atoms with Crippen molar-refractivity contribution in [3.63, 3.8) is 0 Å². The van der Waals surface area contributed by atoms with Gasteiger partial charge in [0.05, 0.1) is 18.8 Å². The van der Waals surface area contributed by atoms with Gasteiger partial charge in [-0.2, -0.15) is 0 Å². The van der Waals surface area contributed by atoms with E-state index in [1.54, 1.807) is 0 Å². The number of allylic oxidation sites excluding steroid dienone is 3. The molecule has 1 aliphatic carbocycles. The second-order valence-corrected chi connectivity index (χ2v) is 7.82. The van der Waals surface area contributed by atoms with E-state index in [9.17, 15) is 15.0 Å². The van der Waals surface area contributed by atoms with Gasteiger partial charge in [-0.1, -0.05) is 37.1 Å². The third kappa shape index (κ3) is 11.0. The van der Waals surface area contributed by atoms with Crippen molar-refractivity contribution in [3.05, 3.63) is 24.3 Å². The molecule has 0 aliphatic heterocycles. The van der Waals surface area contributed by atoms with Crippen LogP contribution in [0.4, 0.5) is 0 Å². The van der Waals surface area contributed by atoms with Gasteiger partial charge in [0, 0.05) is 26.1 Å². The minimum Gasteiger partial charge on any atom is -0.469 e. The molecule has 0 saturated heterocycles. The fourth-order valence-electron chi connectivity index (χ4n) is 3.70. The standard InChI is InChI=1S/C23H40O5/c1-3-28-17-13-9-5-4-8-12-16-23(26)18-20(21(24)19-23)14-10-6-7-11-15-22(25)27-2/h6,10,12,16,20-21,24,26H,3-5,7-9,11,13-15,17-19H2,1-2H3/t20?,21-,23-/m1/s1. The fraction of sp³-hybridized carbons (Fsp3) is 0.783. The number of carbonyl (C=O) groups is 1. The molecule has 1 aliphatic rings. The maximum absolute atomic E-state index is 11.0. The smallest absolute Gasteiger partial charge is 0.305 e. The Balaban J connectivity index is 2.19. The minimum atomic E-state index is -0.877. The van der Waals surface area contributed by atoms with E-state index >= 15 is 0 Å². The van der Waals surface area contributed by atoms with Crippen LogP contribution in [-0.4, -0.2) is 48.2 Å². The van der Waals surface area contributed by atoms with E-state index in [4.69, 9.17) is 4.74 Å². The second kappa shape index (κ2) is 14.8. The molecule has 0 aromatic rings. The number of hydrogen-bond donors (Lipinski definition) is 2. The summed E-state index contributed by atoms with van der Waals surface area (Å²) in [6.07, 6.45) is 17.0. The zero-order chi connectivity index (χ0) is 20.7. The highest BCUT2D eigenvalue weighted by atomic mass is 16.5. The van der Waals surface area contributed by atoms with Crippen LogP contribution in [0, 0.1) is 5.92 Å². The van der Waals surface area contributed by atoms with Gasteiger partial charge in [0.1, 0.15) is 0 Å². The molecule has 0 heterocycles. The molecule has 0 amide bonds. The fourth-order valence-corrected chi connectivity index (χ4v) is 3.70. The third-order valence-electron chi connectivity index (χ3n) is 5.35. The van der Waals surface area contributed by atoms with Crippen LogP contribution in [0.3, 0.4) is 0 Å². The molecule has 0 aromatic carbocycles. The van der Waals surface area contributed by atoms with Gasteiger partial charge in [-0.25, -0.2) is 0 Å². The third-order valence-corrected chi connectivity index (χ3v) is 5.35. The summed E-state index contributed by atoms with van der Waals surface area (Å²) in [5.74, 6) is -0.0907. The molecule has 0 aromatic heterocycles. The monoisotopic (exact) mass is 396 g/mol. The Hall–Kier alpha value is -1.17. The van der Waals surface area contributed by atoms with E-state index in [2.05, 4.69) is 23.0 Å². The summed E-state index contributed by atoms with van der Waals surface area (Å²) >= 11 is 0. The Kier molecular flexibility index (Phi) is 13.1. The molecule has 0 radical (unpaired) electrons. The average Bonchev–Trinajstić information content (AvgIpc) is 2.96. The highest BCUT2D eigenvalue weighted by Crippen LogP contribution is 2.38. The molecule has 1 rings (SSSR count). The van der Waals surface area contributed by atoms with Crippen LogP contribution in [-0.2, 0) is 14.3 Å². The molecule has 5 heteroatoms. The van der Waals surface area contributed by atoms with Crippen LogP contribution in [0.5, 0.6) is 0 Å². The molecule has 5 nitrogen and oxygen atoms in total. The van der Waals surface area contributed by atoms with Gasteiger partial charge in [0.15, 0.2) is 0 Å². The SMILES string of the molecule is CCOCCCCCCC=C[C@@]1(O)CC(CC=CCCCC(=O)OC)[C@H](O)C1. The highest BCUT2D eigenvalue weighted by molar-refractivity contribution is 5.69. The maximum Gasteiger partial charge on any atom is 0.305 e. The van der Waals surface area contributed by atoms with Gasteiger partial charge in [-0.05, 0) is 57.8 Å². The van der Waals surface area contributed by atoms with Crippen molar-refractivity contribution in [2.75, 3.05) is 20.3 Å². The average molecular weight is 397 g/mol. The molecule has 0 bridgehead atoms. The summed E-state index contributed by atoms with van der Waals surface area (Å²) < 4.78 is 9.94. The van der Waals surface area contributed by atoms with E-state index in [1.807, 2.05) is 13.0 Å². The van der Waals surface area contributed by atoms with Gasteiger partial charge >= 0.3 is 5.97 Å². The Bertz CT molecular complexity index is 474. The molecule has 2 N–H and O–H groups in total. The van der Waals surface area contributed by atoms with Gasteiger partial charge < -0.3 is 19.7 Å². The lowest BCUT2D eigenvalue weighted by Gasteiger charge is -2.17. The number of carbonyl (C=O) groups excluding carboxylic acids is 1. The summed E-state index contributed by atoms with van der Waals surface area (Å²) in [6, 6.07) is 0. The maximum atomic E-state index is 11.0. The number of rotatable bonds is 15. The number of methoxy groups -OCH3 is 1. The summed E-state index contributed by atoms with van der Waals surface area (Å²) in [6.45, 7) is 3.66. The normalized spacial score (nSPS) is 25.1. The van der Waals surface area contributed by atoms with E-state index in [-0.39, 0.29) is 11.9 Å². The molecule has 0 spiro atoms. The van der Waals surface area contributed by atoms with Crippen molar-refractivity contribution < 1.29 is 24.5 Å². The van der Waals surface area contributed by atoms with E-state index in [1.165, 1.54) is 20.0 Å². The molecular weight excluding hydrogens is 356 g/mol. The second-order valence-electron chi connectivity index (χ2n) is 7.82. The first kappa shape index (κ1) is 24.9. The van der Waals surface area contributed by atoms with Crippen LogP contribution >= 0.6 is 0 Å². The summed E-state index contributed by atoms with van der Waals surface area (Å²) in [7, 11) is 1.40. The lowest BCUT2D eigenvalue weighted by atomic mass is 9.96. The predicted octanol–water partition coefficient (Wildman–Crippen LogP) is 4.32. The molecule has 1 saturated carbocycles. The number of ether oxygens (including phenoxy) is 2. The number of hydrogen-bond acceptors (Lipinski definition) is 5. The van der Waals surface area contributed by atoms with Crippen LogP contribution in [0.15, 0.2) is 24.3 Å². The highest BCUT2D eigenvalue weighted by Gasteiger charge is 2.40. The van der Waals surface area contributed by atoms with Crippen LogP contribution < -0.4 is 0 Å². The number of unbranched alkanes of at least 4 members (excludes halogenated alkanes) is 5. The van der Waals surface area contributed by atoms with Crippen molar-refractivity contribution in [1.29, 1.82) is 0 Å². The first-order valence-corrected chi connectivity index (χ1v) is 10.9. The molecular formula is C23H40O5. The zero-order valence-electron chi connectivity index (χ0n) is 17.8. The van der Waals surface area contributed by atoms with Crippen molar-refractivity contribution in [3.8, 4) is 0 Å². The van der Waals surface area contributed by atoms with Crippen molar-refractivity contribution >= 4 is 5.97 Å². The first-order valence-electron chi connectivity index (χ1n) is 10.9. The van der Waals surface area contributed by atoms with E-state index in [0.29, 0.717) is 19.3 Å². The Morgan fingerprint density at radius 1 is 1.07 bits per heavy atom. The lowest BCUT2D eigenvalue weighted by Crippen LogP contribution is -2.22. The van der Waals surface area contributed by atoms with E-state index < -0.39 is 11.7 Å². The largest absolute Gasteiger partial charge is 0.469 e. The molecule has 28 heavy (non-hydrogen) atoms. The van der Waals surface area contributed by atoms with Crippen LogP contribution in [0.25, 0.3) is 0 Å². The van der Waals surface area contributed by atoms with Crippen molar-refractivity contribution in [2.24, 2.45) is 5.92 Å². The van der Waals surface area contributed by atoms with E-state index in [0.717, 1.165) is 51.7 Å². The topological polar surface area (TPSA) is 76.0 Å². The quantitative estimate of drug-likeness (QED) is 0.245. The number of esters is 1. The predicted molar refractivity (Wildman–Crippen MR) is 112 cm³/mol. The molecule has 1 unspecified atom stereocenters. The molecule has 3 atom stereocenters. The number of aliphatic hydroxyl groups is 2. The summed E-state index contributed by atoms with van der Waals surface area (Å²) in [5.41, 5.74) is -0.877. The molecule has 162 valence electrons. The van der Waals surface area contributed by atoms with Crippen molar-refractivity contribution in [2.45, 2.75) is 89.3 Å². The summed E-state index contributed by atoms with van der Waals surface area (Å²) in [4.78, 5) is 11.0. The lowest BCUT2D eigenvalue weighted by molar-refractivity contribution is -0.140. The minimum absolute atomic E-state index is 0.0880. The van der Waals surface area contributed by atoms with Crippen LogP contribution in [0.1, 0.15) is 77.6 Å². The van der Waals surface area contributed by atoms with Gasteiger partial charge in [0.25, 0.3) is 0 Å². The van der Waals surface area contributed by atoms with Gasteiger partial charge in [0.2, 0.25) is 0 Å². The first-order chi connectivity index (χ1) is 13.5. The Morgan fingerprint density at radius 2 is 1.82 bits per heavy atom. The Labute approximate surface area is 170 Å².